The van der Waals surface area contributed by atoms with Gasteiger partial charge in [-0.3, -0.25) is 4.99 Å². The third-order valence-electron chi connectivity index (χ3n) is 5.10. The molecule has 2 aromatic carbocycles. The summed E-state index contributed by atoms with van der Waals surface area (Å²) >= 11 is 0. The van der Waals surface area contributed by atoms with E-state index in [0.717, 1.165) is 24.1 Å². The lowest BCUT2D eigenvalue weighted by Crippen LogP contribution is -2.03. The second-order valence-corrected chi connectivity index (χ2v) is 6.80. The molecule has 0 aromatic heterocycles. The van der Waals surface area contributed by atoms with Crippen LogP contribution in [0, 0.1) is 11.6 Å². The van der Waals surface area contributed by atoms with Crippen molar-refractivity contribution in [1.29, 1.82) is 0 Å². The molecule has 1 aliphatic heterocycles. The summed E-state index contributed by atoms with van der Waals surface area (Å²) in [6, 6.07) is 12.2. The predicted molar refractivity (Wildman–Crippen MR) is 100 cm³/mol. The van der Waals surface area contributed by atoms with Gasteiger partial charge in [-0.25, -0.2) is 8.78 Å². The number of halogens is 2. The Morgan fingerprint density at radius 1 is 0.962 bits per heavy atom. The largest absolute Gasteiger partial charge is 0.399 e. The number of rotatable bonds is 3. The third kappa shape index (κ3) is 3.19. The minimum Gasteiger partial charge on any atom is -0.399 e. The van der Waals surface area contributed by atoms with Gasteiger partial charge in [0.2, 0.25) is 0 Å². The number of aliphatic imine (C=N–C) groups is 1. The van der Waals surface area contributed by atoms with Gasteiger partial charge in [-0.2, -0.15) is 0 Å². The Hall–Kier alpha value is -2.75. The summed E-state index contributed by atoms with van der Waals surface area (Å²) in [6.07, 6.45) is 8.36. The van der Waals surface area contributed by atoms with Crippen molar-refractivity contribution in [1.82, 2.24) is 0 Å². The van der Waals surface area contributed by atoms with E-state index in [9.17, 15) is 8.78 Å². The summed E-state index contributed by atoms with van der Waals surface area (Å²) in [5.41, 5.74) is 9.43. The van der Waals surface area contributed by atoms with Crippen LogP contribution in [0.15, 0.2) is 71.4 Å². The SMILES string of the molecule is NC1=CCC(c2ccc(C3CCC(c4c(F)cccc4F)=N3)cc2)C=C1. The monoisotopic (exact) mass is 350 g/mol. The van der Waals surface area contributed by atoms with Crippen LogP contribution in [-0.4, -0.2) is 5.71 Å². The molecule has 2 atom stereocenters. The maximum Gasteiger partial charge on any atom is 0.135 e. The third-order valence-corrected chi connectivity index (χ3v) is 5.10. The van der Waals surface area contributed by atoms with E-state index in [1.807, 2.05) is 12.2 Å². The Kier molecular flexibility index (Phi) is 4.41. The number of hydrogen-bond donors (Lipinski definition) is 1. The standard InChI is InChI=1S/C22H20F2N2/c23-18-2-1-3-19(24)22(18)21-13-12-20(26-21)16-6-4-14(5-7-16)15-8-10-17(25)11-9-15/h1-8,10-11,15,20H,9,12-13,25H2. The molecule has 2 N–H and O–H groups in total. The molecule has 1 aliphatic carbocycles. The lowest BCUT2D eigenvalue weighted by Gasteiger charge is -2.16. The second-order valence-electron chi connectivity index (χ2n) is 6.80. The van der Waals surface area contributed by atoms with Crippen molar-refractivity contribution in [2.75, 3.05) is 0 Å². The van der Waals surface area contributed by atoms with E-state index in [-0.39, 0.29) is 11.6 Å². The molecule has 2 aliphatic rings. The van der Waals surface area contributed by atoms with Crippen molar-refractivity contribution in [3.05, 3.63) is 94.7 Å². The quantitative estimate of drug-likeness (QED) is 0.814. The van der Waals surface area contributed by atoms with E-state index >= 15 is 0 Å². The number of allylic oxidation sites excluding steroid dienone is 3. The molecule has 4 heteroatoms. The molecule has 0 spiro atoms. The highest BCUT2D eigenvalue weighted by Gasteiger charge is 2.24. The zero-order valence-electron chi connectivity index (χ0n) is 14.3. The van der Waals surface area contributed by atoms with E-state index in [1.165, 1.54) is 23.8 Å². The Morgan fingerprint density at radius 2 is 1.65 bits per heavy atom. The van der Waals surface area contributed by atoms with Crippen molar-refractivity contribution in [2.45, 2.75) is 31.2 Å². The Labute approximate surface area is 151 Å². The molecule has 0 fully saturated rings. The van der Waals surface area contributed by atoms with E-state index in [1.54, 1.807) is 0 Å². The summed E-state index contributed by atoms with van der Waals surface area (Å²) in [5.74, 6) is -0.751. The van der Waals surface area contributed by atoms with Gasteiger partial charge < -0.3 is 5.73 Å². The van der Waals surface area contributed by atoms with Gasteiger partial charge in [-0.1, -0.05) is 42.5 Å². The van der Waals surface area contributed by atoms with E-state index in [0.29, 0.717) is 18.1 Å². The van der Waals surface area contributed by atoms with Crippen molar-refractivity contribution in [3.8, 4) is 0 Å². The van der Waals surface area contributed by atoms with Gasteiger partial charge in [0.25, 0.3) is 0 Å². The van der Waals surface area contributed by atoms with Crippen LogP contribution in [0.3, 0.4) is 0 Å². The number of nitrogens with zero attached hydrogens (tertiary/aromatic N) is 1. The zero-order valence-corrected chi connectivity index (χ0v) is 14.3. The van der Waals surface area contributed by atoms with Crippen LogP contribution >= 0.6 is 0 Å². The fourth-order valence-corrected chi connectivity index (χ4v) is 3.64. The van der Waals surface area contributed by atoms with Crippen LogP contribution in [0.4, 0.5) is 8.78 Å². The molecular weight excluding hydrogens is 330 g/mol. The Morgan fingerprint density at radius 3 is 2.31 bits per heavy atom. The van der Waals surface area contributed by atoms with Gasteiger partial charge in [0.1, 0.15) is 11.6 Å². The van der Waals surface area contributed by atoms with Gasteiger partial charge in [-0.15, -0.1) is 0 Å². The highest BCUT2D eigenvalue weighted by atomic mass is 19.1. The molecule has 0 radical (unpaired) electrons. The zero-order chi connectivity index (χ0) is 18.1. The summed E-state index contributed by atoms with van der Waals surface area (Å²) in [4.78, 5) is 4.60. The summed E-state index contributed by atoms with van der Waals surface area (Å²) in [6.45, 7) is 0. The highest BCUT2D eigenvalue weighted by Crippen LogP contribution is 2.34. The van der Waals surface area contributed by atoms with Crippen LogP contribution in [0.25, 0.3) is 0 Å². The van der Waals surface area contributed by atoms with Gasteiger partial charge in [-0.05, 0) is 48.6 Å². The first-order valence-electron chi connectivity index (χ1n) is 8.86. The second kappa shape index (κ2) is 6.87. The smallest absolute Gasteiger partial charge is 0.135 e. The molecule has 26 heavy (non-hydrogen) atoms. The highest BCUT2D eigenvalue weighted by molar-refractivity contribution is 6.02. The summed E-state index contributed by atoms with van der Waals surface area (Å²) < 4.78 is 28.0. The molecule has 2 unspecified atom stereocenters. The van der Waals surface area contributed by atoms with Gasteiger partial charge in [0.15, 0.2) is 0 Å². The van der Waals surface area contributed by atoms with E-state index in [2.05, 4.69) is 35.3 Å². The predicted octanol–water partition coefficient (Wildman–Crippen LogP) is 5.18. The maximum atomic E-state index is 14.0. The first-order chi connectivity index (χ1) is 12.6. The molecule has 0 amide bonds. The minimum absolute atomic E-state index is 0.0170. The Balaban J connectivity index is 1.54. The maximum absolute atomic E-state index is 14.0. The molecule has 0 bridgehead atoms. The normalized spacial score (nSPS) is 22.2. The molecule has 4 rings (SSSR count). The van der Waals surface area contributed by atoms with Crippen molar-refractivity contribution >= 4 is 5.71 Å². The minimum atomic E-state index is -0.545. The lowest BCUT2D eigenvalue weighted by atomic mass is 9.90. The van der Waals surface area contributed by atoms with Crippen LogP contribution in [0.2, 0.25) is 0 Å². The van der Waals surface area contributed by atoms with Gasteiger partial charge >= 0.3 is 0 Å². The first kappa shape index (κ1) is 16.7. The number of hydrogen-bond acceptors (Lipinski definition) is 2. The average molecular weight is 350 g/mol. The van der Waals surface area contributed by atoms with Crippen LogP contribution < -0.4 is 5.73 Å². The first-order valence-corrected chi connectivity index (χ1v) is 8.86. The Bertz CT molecular complexity index is 890. The van der Waals surface area contributed by atoms with Crippen LogP contribution in [0.5, 0.6) is 0 Å². The van der Waals surface area contributed by atoms with E-state index in [4.69, 9.17) is 5.73 Å². The fraction of sp³-hybridized carbons (Fsp3) is 0.227. The van der Waals surface area contributed by atoms with Crippen LogP contribution in [-0.2, 0) is 0 Å². The number of nitrogens with two attached hydrogens (primary N) is 1. The van der Waals surface area contributed by atoms with Crippen molar-refractivity contribution in [2.24, 2.45) is 10.7 Å². The average Bonchev–Trinajstić information content (AvgIpc) is 3.12. The van der Waals surface area contributed by atoms with Crippen molar-refractivity contribution < 1.29 is 8.78 Å². The topological polar surface area (TPSA) is 38.4 Å². The molecule has 2 nitrogen and oxygen atoms in total. The molecular formula is C22H20F2N2. The lowest BCUT2D eigenvalue weighted by molar-refractivity contribution is 0.578. The fourth-order valence-electron chi connectivity index (χ4n) is 3.64. The summed E-state index contributed by atoms with van der Waals surface area (Å²) in [5, 5.41) is 0. The van der Waals surface area contributed by atoms with E-state index < -0.39 is 11.6 Å². The molecule has 0 saturated heterocycles. The molecule has 0 saturated carbocycles. The van der Waals surface area contributed by atoms with Crippen molar-refractivity contribution in [3.63, 3.8) is 0 Å². The van der Waals surface area contributed by atoms with Gasteiger partial charge in [0, 0.05) is 17.3 Å². The molecule has 132 valence electrons. The van der Waals surface area contributed by atoms with Gasteiger partial charge in [0.05, 0.1) is 11.6 Å². The summed E-state index contributed by atoms with van der Waals surface area (Å²) in [7, 11) is 0. The molecule has 1 heterocycles. The number of benzene rings is 2. The van der Waals surface area contributed by atoms with Crippen LogP contribution in [0.1, 0.15) is 47.9 Å². The molecule has 2 aromatic rings.